The van der Waals surface area contributed by atoms with Crippen LogP contribution >= 0.6 is 0 Å². The van der Waals surface area contributed by atoms with E-state index in [2.05, 4.69) is 0 Å². The van der Waals surface area contributed by atoms with E-state index in [1.54, 1.807) is 13.2 Å². The quantitative estimate of drug-likeness (QED) is 0.893. The molecule has 2 N–H and O–H groups in total. The SMILES string of the molecule is COC1CCc2c(ccc3c2CCC(C(=O)O)=C3C(=O)O)C1. The lowest BCUT2D eigenvalue weighted by molar-refractivity contribution is -0.134. The second-order valence-electron chi connectivity index (χ2n) is 5.79. The average molecular weight is 302 g/mol. The summed E-state index contributed by atoms with van der Waals surface area (Å²) in [7, 11) is 1.71. The Morgan fingerprint density at radius 2 is 1.86 bits per heavy atom. The van der Waals surface area contributed by atoms with Gasteiger partial charge in [-0.15, -0.1) is 0 Å². The maximum Gasteiger partial charge on any atom is 0.336 e. The number of benzene rings is 1. The van der Waals surface area contributed by atoms with Gasteiger partial charge in [0.15, 0.2) is 0 Å². The highest BCUT2D eigenvalue weighted by atomic mass is 16.5. The molecule has 116 valence electrons. The number of rotatable bonds is 3. The van der Waals surface area contributed by atoms with E-state index in [0.717, 1.165) is 24.8 Å². The highest BCUT2D eigenvalue weighted by Crippen LogP contribution is 2.37. The smallest absolute Gasteiger partial charge is 0.336 e. The fourth-order valence-corrected chi connectivity index (χ4v) is 3.61. The fraction of sp³-hybridized carbons (Fsp3) is 0.412. The van der Waals surface area contributed by atoms with Gasteiger partial charge in [-0.05, 0) is 54.4 Å². The summed E-state index contributed by atoms with van der Waals surface area (Å²) in [5.74, 6) is -2.30. The molecule has 3 rings (SSSR count). The zero-order valence-electron chi connectivity index (χ0n) is 12.4. The number of carbonyl (C=O) groups is 2. The first-order valence-electron chi connectivity index (χ1n) is 7.39. The van der Waals surface area contributed by atoms with Crippen molar-refractivity contribution in [3.63, 3.8) is 0 Å². The maximum absolute atomic E-state index is 11.6. The molecule has 0 fully saturated rings. The first-order chi connectivity index (χ1) is 10.5. The molecule has 0 spiro atoms. The Hall–Kier alpha value is -2.14. The summed E-state index contributed by atoms with van der Waals surface area (Å²) in [5.41, 5.74) is 3.92. The third-order valence-electron chi connectivity index (χ3n) is 4.69. The van der Waals surface area contributed by atoms with Crippen LogP contribution in [0.3, 0.4) is 0 Å². The van der Waals surface area contributed by atoms with Crippen molar-refractivity contribution in [3.05, 3.63) is 40.0 Å². The molecule has 5 heteroatoms. The Morgan fingerprint density at radius 1 is 1.09 bits per heavy atom. The van der Waals surface area contributed by atoms with Crippen molar-refractivity contribution in [2.24, 2.45) is 0 Å². The Bertz CT molecular complexity index is 687. The Balaban J connectivity index is 2.13. The van der Waals surface area contributed by atoms with Gasteiger partial charge in [0.25, 0.3) is 0 Å². The van der Waals surface area contributed by atoms with Crippen LogP contribution in [0.15, 0.2) is 17.7 Å². The molecule has 0 aromatic heterocycles. The van der Waals surface area contributed by atoms with Gasteiger partial charge in [-0.1, -0.05) is 12.1 Å². The second-order valence-corrected chi connectivity index (χ2v) is 5.79. The standard InChI is InChI=1S/C17H18O5/c1-22-10-3-5-11-9(8-10)2-4-13-12(11)6-7-14(16(18)19)15(13)17(20)21/h2,4,10H,3,5-8H2,1H3,(H,18,19)(H,20,21). The summed E-state index contributed by atoms with van der Waals surface area (Å²) < 4.78 is 5.42. The molecule has 1 aromatic carbocycles. The molecule has 0 bridgehead atoms. The molecule has 2 aliphatic rings. The van der Waals surface area contributed by atoms with Gasteiger partial charge in [-0.2, -0.15) is 0 Å². The van der Waals surface area contributed by atoms with Crippen LogP contribution in [0.25, 0.3) is 5.57 Å². The van der Waals surface area contributed by atoms with Gasteiger partial charge in [0.05, 0.1) is 17.3 Å². The molecule has 0 radical (unpaired) electrons. The maximum atomic E-state index is 11.6. The Kier molecular flexibility index (Phi) is 3.74. The van der Waals surface area contributed by atoms with Gasteiger partial charge in [-0.25, -0.2) is 9.59 Å². The minimum atomic E-state index is -1.16. The fourth-order valence-electron chi connectivity index (χ4n) is 3.61. The Morgan fingerprint density at radius 3 is 2.50 bits per heavy atom. The van der Waals surface area contributed by atoms with Crippen LogP contribution in [-0.4, -0.2) is 35.4 Å². The number of aliphatic carboxylic acids is 2. The molecule has 2 aliphatic carbocycles. The zero-order chi connectivity index (χ0) is 15.9. The van der Waals surface area contributed by atoms with Crippen molar-refractivity contribution in [1.82, 2.24) is 0 Å². The number of hydrogen-bond donors (Lipinski definition) is 2. The van der Waals surface area contributed by atoms with Crippen LogP contribution in [0.1, 0.15) is 35.1 Å². The number of carboxylic acids is 2. The molecule has 1 aromatic rings. The molecular formula is C17H18O5. The van der Waals surface area contributed by atoms with Crippen LogP contribution in [0.5, 0.6) is 0 Å². The molecule has 1 atom stereocenters. The summed E-state index contributed by atoms with van der Waals surface area (Å²) in [6.45, 7) is 0. The van der Waals surface area contributed by atoms with Crippen molar-refractivity contribution in [2.45, 2.75) is 38.2 Å². The van der Waals surface area contributed by atoms with Crippen molar-refractivity contribution in [3.8, 4) is 0 Å². The van der Waals surface area contributed by atoms with Crippen molar-refractivity contribution in [2.75, 3.05) is 7.11 Å². The lowest BCUT2D eigenvalue weighted by Gasteiger charge is -2.29. The van der Waals surface area contributed by atoms with E-state index in [1.807, 2.05) is 6.07 Å². The van der Waals surface area contributed by atoms with E-state index in [1.165, 1.54) is 11.1 Å². The van der Waals surface area contributed by atoms with E-state index < -0.39 is 11.9 Å². The van der Waals surface area contributed by atoms with Crippen molar-refractivity contribution >= 4 is 17.5 Å². The van der Waals surface area contributed by atoms with E-state index in [4.69, 9.17) is 4.74 Å². The van der Waals surface area contributed by atoms with Gasteiger partial charge in [0, 0.05) is 7.11 Å². The molecule has 0 amide bonds. The Labute approximate surface area is 128 Å². The lowest BCUT2D eigenvalue weighted by Crippen LogP contribution is -2.24. The third-order valence-corrected chi connectivity index (χ3v) is 4.69. The average Bonchev–Trinajstić information content (AvgIpc) is 2.52. The van der Waals surface area contributed by atoms with Crippen LogP contribution in [0.4, 0.5) is 0 Å². The molecule has 0 aliphatic heterocycles. The minimum Gasteiger partial charge on any atom is -0.478 e. The summed E-state index contributed by atoms with van der Waals surface area (Å²) in [6.07, 6.45) is 3.67. The monoisotopic (exact) mass is 302 g/mol. The van der Waals surface area contributed by atoms with Gasteiger partial charge in [-0.3, -0.25) is 0 Å². The number of fused-ring (bicyclic) bond motifs is 3. The van der Waals surface area contributed by atoms with E-state index in [0.29, 0.717) is 12.0 Å². The van der Waals surface area contributed by atoms with Gasteiger partial charge in [0.2, 0.25) is 0 Å². The molecule has 0 saturated heterocycles. The number of hydrogen-bond acceptors (Lipinski definition) is 3. The van der Waals surface area contributed by atoms with E-state index in [-0.39, 0.29) is 23.7 Å². The molecule has 5 nitrogen and oxygen atoms in total. The molecule has 0 saturated carbocycles. The summed E-state index contributed by atoms with van der Waals surface area (Å²) in [6, 6.07) is 3.69. The van der Waals surface area contributed by atoms with Gasteiger partial charge >= 0.3 is 11.9 Å². The second kappa shape index (κ2) is 5.57. The molecular weight excluding hydrogens is 284 g/mol. The van der Waals surface area contributed by atoms with Gasteiger partial charge < -0.3 is 14.9 Å². The van der Waals surface area contributed by atoms with E-state index in [9.17, 15) is 19.8 Å². The summed E-state index contributed by atoms with van der Waals surface area (Å²) >= 11 is 0. The first-order valence-corrected chi connectivity index (χ1v) is 7.39. The molecule has 22 heavy (non-hydrogen) atoms. The minimum absolute atomic E-state index is 0.00512. The largest absolute Gasteiger partial charge is 0.478 e. The van der Waals surface area contributed by atoms with Crippen LogP contribution in [0.2, 0.25) is 0 Å². The third kappa shape index (κ3) is 2.31. The molecule has 0 heterocycles. The predicted octanol–water partition coefficient (Wildman–Crippen LogP) is 2.06. The number of ether oxygens (including phenoxy) is 1. The van der Waals surface area contributed by atoms with E-state index >= 15 is 0 Å². The van der Waals surface area contributed by atoms with Crippen molar-refractivity contribution < 1.29 is 24.5 Å². The number of methoxy groups -OCH3 is 1. The zero-order valence-corrected chi connectivity index (χ0v) is 12.4. The lowest BCUT2D eigenvalue weighted by atomic mass is 9.77. The summed E-state index contributed by atoms with van der Waals surface area (Å²) in [5, 5.41) is 18.7. The topological polar surface area (TPSA) is 83.8 Å². The normalized spacial score (nSPS) is 20.3. The first kappa shape index (κ1) is 14.8. The van der Waals surface area contributed by atoms with Crippen LogP contribution < -0.4 is 0 Å². The van der Waals surface area contributed by atoms with Crippen molar-refractivity contribution in [1.29, 1.82) is 0 Å². The number of carboxylic acid groups (broad SMARTS) is 2. The highest BCUT2D eigenvalue weighted by molar-refractivity contribution is 6.22. The highest BCUT2D eigenvalue weighted by Gasteiger charge is 2.31. The van der Waals surface area contributed by atoms with Crippen LogP contribution in [-0.2, 0) is 33.6 Å². The molecule has 1 unspecified atom stereocenters. The van der Waals surface area contributed by atoms with Gasteiger partial charge in [0.1, 0.15) is 0 Å². The summed E-state index contributed by atoms with van der Waals surface area (Å²) in [4.78, 5) is 22.9. The predicted molar refractivity (Wildman–Crippen MR) is 79.8 cm³/mol. The van der Waals surface area contributed by atoms with Crippen LogP contribution in [0, 0.1) is 0 Å².